The van der Waals surface area contributed by atoms with Gasteiger partial charge in [-0.3, -0.25) is 0 Å². The van der Waals surface area contributed by atoms with Crippen LogP contribution in [0.1, 0.15) is 24.3 Å². The van der Waals surface area contributed by atoms with Crippen molar-refractivity contribution < 1.29 is 14.6 Å². The van der Waals surface area contributed by atoms with E-state index >= 15 is 0 Å². The van der Waals surface area contributed by atoms with Gasteiger partial charge in [0, 0.05) is 13.1 Å². The molecular formula is C12H16N2O3. The van der Waals surface area contributed by atoms with Crippen molar-refractivity contribution in [3.05, 3.63) is 23.9 Å². The van der Waals surface area contributed by atoms with Crippen molar-refractivity contribution in [3.63, 3.8) is 0 Å². The number of hydrogen-bond acceptors (Lipinski definition) is 4. The van der Waals surface area contributed by atoms with Crippen molar-refractivity contribution in [1.82, 2.24) is 4.98 Å². The Bertz CT molecular complexity index is 412. The number of ether oxygens (including phenoxy) is 1. The number of pyridine rings is 1. The largest absolute Gasteiger partial charge is 0.477 e. The standard InChI is InChI=1S/C12H16N2O3/c1-8-6-14(7-9(2)17-8)11-5-3-4-10(13-11)12(15)16/h3-5,8-9H,6-7H2,1-2H3,(H,15,16)/t8-,9+. The number of anilines is 1. The molecule has 1 fully saturated rings. The highest BCUT2D eigenvalue weighted by Gasteiger charge is 2.23. The molecule has 0 aliphatic carbocycles. The number of nitrogens with zero attached hydrogens (tertiary/aromatic N) is 2. The summed E-state index contributed by atoms with van der Waals surface area (Å²) in [6, 6.07) is 5.05. The summed E-state index contributed by atoms with van der Waals surface area (Å²) in [5.41, 5.74) is 0.0781. The molecule has 0 radical (unpaired) electrons. The third-order valence-corrected chi connectivity index (χ3v) is 2.70. The van der Waals surface area contributed by atoms with Gasteiger partial charge in [-0.05, 0) is 26.0 Å². The van der Waals surface area contributed by atoms with Gasteiger partial charge in [-0.15, -0.1) is 0 Å². The summed E-state index contributed by atoms with van der Waals surface area (Å²) in [6.45, 7) is 5.48. The summed E-state index contributed by atoms with van der Waals surface area (Å²) < 4.78 is 5.63. The molecule has 1 aliphatic heterocycles. The average molecular weight is 236 g/mol. The van der Waals surface area contributed by atoms with Crippen LogP contribution in [-0.2, 0) is 4.74 Å². The second kappa shape index (κ2) is 4.71. The number of carboxylic acid groups (broad SMARTS) is 1. The van der Waals surface area contributed by atoms with E-state index in [-0.39, 0.29) is 17.9 Å². The molecule has 2 heterocycles. The molecule has 5 heteroatoms. The van der Waals surface area contributed by atoms with Gasteiger partial charge in [-0.25, -0.2) is 9.78 Å². The fourth-order valence-electron chi connectivity index (χ4n) is 2.08. The van der Waals surface area contributed by atoms with Crippen molar-refractivity contribution in [2.75, 3.05) is 18.0 Å². The fraction of sp³-hybridized carbons (Fsp3) is 0.500. The first-order chi connectivity index (χ1) is 8.06. The lowest BCUT2D eigenvalue weighted by molar-refractivity contribution is -0.00546. The summed E-state index contributed by atoms with van der Waals surface area (Å²) in [7, 11) is 0. The molecule has 2 rings (SSSR count). The van der Waals surface area contributed by atoms with E-state index in [0.29, 0.717) is 5.82 Å². The van der Waals surface area contributed by atoms with E-state index in [9.17, 15) is 4.79 Å². The minimum Gasteiger partial charge on any atom is -0.477 e. The minimum atomic E-state index is -0.999. The quantitative estimate of drug-likeness (QED) is 0.840. The molecule has 1 aromatic rings. The Kier molecular flexibility index (Phi) is 3.28. The maximum atomic E-state index is 10.9. The first kappa shape index (κ1) is 11.9. The number of carboxylic acids is 1. The van der Waals surface area contributed by atoms with E-state index in [1.54, 1.807) is 6.07 Å². The smallest absolute Gasteiger partial charge is 0.354 e. The van der Waals surface area contributed by atoms with E-state index in [0.717, 1.165) is 13.1 Å². The van der Waals surface area contributed by atoms with E-state index in [2.05, 4.69) is 9.88 Å². The predicted molar refractivity (Wildman–Crippen MR) is 63.4 cm³/mol. The number of aromatic nitrogens is 1. The van der Waals surface area contributed by atoms with Crippen molar-refractivity contribution in [2.24, 2.45) is 0 Å². The molecule has 0 unspecified atom stereocenters. The fourth-order valence-corrected chi connectivity index (χ4v) is 2.08. The Morgan fingerprint density at radius 3 is 2.65 bits per heavy atom. The zero-order valence-electron chi connectivity index (χ0n) is 9.96. The SMILES string of the molecule is C[C@@H]1CN(c2cccc(C(=O)O)n2)C[C@H](C)O1. The van der Waals surface area contributed by atoms with Gasteiger partial charge >= 0.3 is 5.97 Å². The van der Waals surface area contributed by atoms with E-state index < -0.39 is 5.97 Å². The first-order valence-electron chi connectivity index (χ1n) is 5.67. The third-order valence-electron chi connectivity index (χ3n) is 2.70. The molecule has 1 aliphatic rings. The van der Waals surface area contributed by atoms with Gasteiger partial charge in [0.25, 0.3) is 0 Å². The van der Waals surface area contributed by atoms with Crippen LogP contribution in [-0.4, -0.2) is 41.4 Å². The van der Waals surface area contributed by atoms with Crippen LogP contribution in [0.15, 0.2) is 18.2 Å². The highest BCUT2D eigenvalue weighted by atomic mass is 16.5. The Morgan fingerprint density at radius 2 is 2.06 bits per heavy atom. The molecular weight excluding hydrogens is 220 g/mol. The van der Waals surface area contributed by atoms with E-state index in [4.69, 9.17) is 9.84 Å². The molecule has 17 heavy (non-hydrogen) atoms. The summed E-state index contributed by atoms with van der Waals surface area (Å²) in [5.74, 6) is -0.298. The summed E-state index contributed by atoms with van der Waals surface area (Å²) in [6.07, 6.45) is 0.267. The van der Waals surface area contributed by atoms with Crippen LogP contribution >= 0.6 is 0 Å². The lowest BCUT2D eigenvalue weighted by Crippen LogP contribution is -2.45. The lowest BCUT2D eigenvalue weighted by atomic mass is 10.2. The molecule has 0 spiro atoms. The Morgan fingerprint density at radius 1 is 1.41 bits per heavy atom. The Labute approximate surface area is 100 Å². The lowest BCUT2D eigenvalue weighted by Gasteiger charge is -2.36. The van der Waals surface area contributed by atoms with Crippen LogP contribution in [0.5, 0.6) is 0 Å². The van der Waals surface area contributed by atoms with Gasteiger partial charge in [0.05, 0.1) is 12.2 Å². The highest BCUT2D eigenvalue weighted by Crippen LogP contribution is 2.18. The van der Waals surface area contributed by atoms with E-state index in [1.807, 2.05) is 19.9 Å². The van der Waals surface area contributed by atoms with Gasteiger partial charge in [0.1, 0.15) is 5.82 Å². The normalized spacial score (nSPS) is 24.7. The predicted octanol–water partition coefficient (Wildman–Crippen LogP) is 1.39. The molecule has 1 N–H and O–H groups in total. The van der Waals surface area contributed by atoms with Crippen LogP contribution in [0.4, 0.5) is 5.82 Å². The number of carbonyl (C=O) groups is 1. The van der Waals surface area contributed by atoms with Gasteiger partial charge in [-0.2, -0.15) is 0 Å². The third kappa shape index (κ3) is 2.74. The summed E-state index contributed by atoms with van der Waals surface area (Å²) >= 11 is 0. The van der Waals surface area contributed by atoms with Crippen molar-refractivity contribution in [1.29, 1.82) is 0 Å². The second-order valence-corrected chi connectivity index (χ2v) is 4.35. The van der Waals surface area contributed by atoms with Gasteiger partial charge in [-0.1, -0.05) is 6.07 Å². The van der Waals surface area contributed by atoms with Gasteiger partial charge < -0.3 is 14.7 Å². The van der Waals surface area contributed by atoms with Gasteiger partial charge in [0.2, 0.25) is 0 Å². The number of morpholine rings is 1. The second-order valence-electron chi connectivity index (χ2n) is 4.35. The molecule has 0 saturated carbocycles. The number of rotatable bonds is 2. The number of hydrogen-bond donors (Lipinski definition) is 1. The Hall–Kier alpha value is -1.62. The summed E-state index contributed by atoms with van der Waals surface area (Å²) in [4.78, 5) is 17.1. The monoisotopic (exact) mass is 236 g/mol. The van der Waals surface area contributed by atoms with Crippen LogP contribution in [0.2, 0.25) is 0 Å². The van der Waals surface area contributed by atoms with Crippen LogP contribution < -0.4 is 4.90 Å². The van der Waals surface area contributed by atoms with Crippen LogP contribution in [0, 0.1) is 0 Å². The maximum Gasteiger partial charge on any atom is 0.354 e. The molecule has 1 aromatic heterocycles. The van der Waals surface area contributed by atoms with E-state index in [1.165, 1.54) is 6.07 Å². The molecule has 92 valence electrons. The molecule has 0 bridgehead atoms. The maximum absolute atomic E-state index is 10.9. The number of aromatic carboxylic acids is 1. The van der Waals surface area contributed by atoms with Crippen molar-refractivity contribution in [2.45, 2.75) is 26.1 Å². The zero-order chi connectivity index (χ0) is 12.4. The molecule has 1 saturated heterocycles. The first-order valence-corrected chi connectivity index (χ1v) is 5.67. The van der Waals surface area contributed by atoms with Crippen molar-refractivity contribution in [3.8, 4) is 0 Å². The minimum absolute atomic E-state index is 0.0781. The van der Waals surface area contributed by atoms with Crippen LogP contribution in [0.25, 0.3) is 0 Å². The molecule has 5 nitrogen and oxygen atoms in total. The van der Waals surface area contributed by atoms with Crippen LogP contribution in [0.3, 0.4) is 0 Å². The topological polar surface area (TPSA) is 62.7 Å². The molecule has 0 aromatic carbocycles. The molecule has 2 atom stereocenters. The van der Waals surface area contributed by atoms with Crippen molar-refractivity contribution >= 4 is 11.8 Å². The highest BCUT2D eigenvalue weighted by molar-refractivity contribution is 5.85. The Balaban J connectivity index is 2.21. The average Bonchev–Trinajstić information content (AvgIpc) is 2.28. The van der Waals surface area contributed by atoms with Gasteiger partial charge in [0.15, 0.2) is 5.69 Å². The summed E-state index contributed by atoms with van der Waals surface area (Å²) in [5, 5.41) is 8.91. The zero-order valence-corrected chi connectivity index (χ0v) is 9.96. The molecule has 0 amide bonds.